The van der Waals surface area contributed by atoms with Gasteiger partial charge < -0.3 is 4.74 Å². The lowest BCUT2D eigenvalue weighted by atomic mass is 10.1. The third-order valence-corrected chi connectivity index (χ3v) is 3.38. The summed E-state index contributed by atoms with van der Waals surface area (Å²) in [5.41, 5.74) is 2.32. The Kier molecular flexibility index (Phi) is 5.07. The fraction of sp³-hybridized carbons (Fsp3) is 0.375. The van der Waals surface area contributed by atoms with Gasteiger partial charge in [-0.05, 0) is 51.1 Å². The predicted octanol–water partition coefficient (Wildman–Crippen LogP) is 3.15. The normalized spacial score (nSPS) is 10.9. The summed E-state index contributed by atoms with van der Waals surface area (Å²) < 4.78 is 7.10. The molecule has 0 N–H and O–H groups in total. The highest BCUT2D eigenvalue weighted by Crippen LogP contribution is 2.21. The predicted molar refractivity (Wildman–Crippen MR) is 88.1 cm³/mol. The van der Waals surface area contributed by atoms with Crippen LogP contribution in [0.1, 0.15) is 26.3 Å². The van der Waals surface area contributed by atoms with Crippen molar-refractivity contribution in [3.8, 4) is 17.0 Å². The Bertz CT molecular complexity index is 635. The molecule has 0 radical (unpaired) electrons. The lowest BCUT2D eigenvalue weighted by Crippen LogP contribution is -2.25. The Labute approximate surface area is 130 Å². The maximum absolute atomic E-state index is 12.0. The van der Waals surface area contributed by atoms with Crippen LogP contribution in [0.15, 0.2) is 35.1 Å². The number of nitrogens with zero attached hydrogens (tertiary/aromatic N) is 2. The fourth-order valence-corrected chi connectivity index (χ4v) is 2.27. The minimum Gasteiger partial charge on any atom is -0.491 e. The number of hydrogen-bond acceptors (Lipinski definition) is 4. The van der Waals surface area contributed by atoms with Crippen molar-refractivity contribution in [2.24, 2.45) is 0 Å². The molecule has 1 aromatic carbocycles. The summed E-state index contributed by atoms with van der Waals surface area (Å²) in [6.45, 7) is 6.43. The van der Waals surface area contributed by atoms with Crippen molar-refractivity contribution in [3.63, 3.8) is 0 Å². The summed E-state index contributed by atoms with van der Waals surface area (Å²) in [7, 11) is 0. The topological polar surface area (TPSA) is 44.1 Å². The zero-order valence-corrected chi connectivity index (χ0v) is 13.4. The summed E-state index contributed by atoms with van der Waals surface area (Å²) in [6.07, 6.45) is 0.145. The largest absolute Gasteiger partial charge is 0.491 e. The van der Waals surface area contributed by atoms with Crippen LogP contribution in [-0.4, -0.2) is 15.9 Å². The van der Waals surface area contributed by atoms with Crippen molar-refractivity contribution in [3.05, 3.63) is 46.2 Å². The van der Waals surface area contributed by atoms with Crippen LogP contribution in [0.5, 0.6) is 5.75 Å². The van der Waals surface area contributed by atoms with Gasteiger partial charge in [0, 0.05) is 23.4 Å². The molecule has 0 aliphatic rings. The van der Waals surface area contributed by atoms with Gasteiger partial charge in [0.1, 0.15) is 5.75 Å². The van der Waals surface area contributed by atoms with E-state index in [-0.39, 0.29) is 11.7 Å². The van der Waals surface area contributed by atoms with Crippen LogP contribution >= 0.6 is 12.6 Å². The van der Waals surface area contributed by atoms with Gasteiger partial charge in [-0.25, -0.2) is 4.68 Å². The molecule has 1 heterocycles. The molecule has 0 fully saturated rings. The van der Waals surface area contributed by atoms with Crippen LogP contribution in [0.3, 0.4) is 0 Å². The molecule has 0 saturated carbocycles. The third-order valence-electron chi connectivity index (χ3n) is 3.04. The summed E-state index contributed by atoms with van der Waals surface area (Å²) in [6, 6.07) is 9.54. The summed E-state index contributed by atoms with van der Waals surface area (Å²) in [5, 5.41) is 4.39. The zero-order valence-electron chi connectivity index (χ0n) is 12.5. The second-order valence-electron chi connectivity index (χ2n) is 5.02. The number of rotatable bonds is 5. The van der Waals surface area contributed by atoms with Gasteiger partial charge in [-0.3, -0.25) is 4.79 Å². The molecule has 0 atom stereocenters. The first-order valence-electron chi connectivity index (χ1n) is 7.04. The van der Waals surface area contributed by atoms with Gasteiger partial charge in [0.2, 0.25) is 0 Å². The number of aromatic nitrogens is 2. The van der Waals surface area contributed by atoms with Gasteiger partial charge in [-0.15, -0.1) is 0 Å². The van der Waals surface area contributed by atoms with Crippen LogP contribution in [0.25, 0.3) is 11.3 Å². The van der Waals surface area contributed by atoms with Crippen molar-refractivity contribution < 1.29 is 4.74 Å². The summed E-state index contributed by atoms with van der Waals surface area (Å²) in [5.74, 6) is 1.23. The second kappa shape index (κ2) is 6.80. The third kappa shape index (κ3) is 3.67. The molecule has 0 saturated heterocycles. The molecule has 0 bridgehead atoms. The highest BCUT2D eigenvalue weighted by molar-refractivity contribution is 7.79. The smallest absolute Gasteiger partial charge is 0.270 e. The molecule has 4 nitrogen and oxygen atoms in total. The first-order chi connectivity index (χ1) is 10.0. The van der Waals surface area contributed by atoms with E-state index in [4.69, 9.17) is 4.74 Å². The van der Waals surface area contributed by atoms with E-state index in [2.05, 4.69) is 17.7 Å². The maximum atomic E-state index is 12.0. The average molecular weight is 304 g/mol. The van der Waals surface area contributed by atoms with Gasteiger partial charge in [-0.1, -0.05) is 0 Å². The van der Waals surface area contributed by atoms with Gasteiger partial charge in [0.25, 0.3) is 5.56 Å². The molecule has 5 heteroatoms. The van der Waals surface area contributed by atoms with Crippen molar-refractivity contribution in [1.29, 1.82) is 0 Å². The summed E-state index contributed by atoms with van der Waals surface area (Å²) in [4.78, 5) is 12.0. The van der Waals surface area contributed by atoms with Gasteiger partial charge >= 0.3 is 0 Å². The first-order valence-corrected chi connectivity index (χ1v) is 7.67. The molecule has 1 aromatic heterocycles. The standard InChI is InChI=1S/C16H20N2O2S/c1-4-18-16(19)13(10-21)9-15(17-18)12-5-7-14(8-6-12)20-11(2)3/h5-9,11,21H,4,10H2,1-3H3. The Balaban J connectivity index is 2.39. The monoisotopic (exact) mass is 304 g/mol. The molecule has 21 heavy (non-hydrogen) atoms. The van der Waals surface area contributed by atoms with E-state index in [1.165, 1.54) is 4.68 Å². The molecule has 112 valence electrons. The number of thiol groups is 1. The molecular formula is C16H20N2O2S. The van der Waals surface area contributed by atoms with E-state index in [1.54, 1.807) is 6.07 Å². The SMILES string of the molecule is CCn1nc(-c2ccc(OC(C)C)cc2)cc(CS)c1=O. The van der Waals surface area contributed by atoms with Crippen LogP contribution in [-0.2, 0) is 12.3 Å². The van der Waals surface area contributed by atoms with Crippen LogP contribution in [0.2, 0.25) is 0 Å². The van der Waals surface area contributed by atoms with E-state index in [0.29, 0.717) is 17.9 Å². The number of benzene rings is 1. The molecule has 2 aromatic rings. The number of aryl methyl sites for hydroxylation is 1. The van der Waals surface area contributed by atoms with Crippen LogP contribution in [0.4, 0.5) is 0 Å². The summed E-state index contributed by atoms with van der Waals surface area (Å²) >= 11 is 4.22. The fourth-order valence-electron chi connectivity index (χ4n) is 2.04. The van der Waals surface area contributed by atoms with Crippen molar-refractivity contribution in [1.82, 2.24) is 9.78 Å². The Hall–Kier alpha value is -1.75. The molecular weight excluding hydrogens is 284 g/mol. The minimum atomic E-state index is -0.0731. The first kappa shape index (κ1) is 15.6. The Morgan fingerprint density at radius 2 is 1.95 bits per heavy atom. The molecule has 2 rings (SSSR count). The van der Waals surface area contributed by atoms with Crippen molar-refractivity contribution >= 4 is 12.6 Å². The van der Waals surface area contributed by atoms with E-state index in [1.807, 2.05) is 45.0 Å². The maximum Gasteiger partial charge on any atom is 0.270 e. The lowest BCUT2D eigenvalue weighted by Gasteiger charge is -2.11. The van der Waals surface area contributed by atoms with Gasteiger partial charge in [-0.2, -0.15) is 17.7 Å². The van der Waals surface area contributed by atoms with Crippen LogP contribution in [0, 0.1) is 0 Å². The molecule has 0 aliphatic carbocycles. The van der Waals surface area contributed by atoms with Gasteiger partial charge in [0.05, 0.1) is 11.8 Å². The molecule has 0 unspecified atom stereocenters. The van der Waals surface area contributed by atoms with E-state index in [9.17, 15) is 4.79 Å². The van der Waals surface area contributed by atoms with E-state index >= 15 is 0 Å². The zero-order chi connectivity index (χ0) is 15.4. The second-order valence-corrected chi connectivity index (χ2v) is 5.34. The molecule has 0 aliphatic heterocycles. The van der Waals surface area contributed by atoms with Crippen LogP contribution < -0.4 is 10.3 Å². The lowest BCUT2D eigenvalue weighted by molar-refractivity contribution is 0.242. The van der Waals surface area contributed by atoms with Gasteiger partial charge in [0.15, 0.2) is 0 Å². The minimum absolute atomic E-state index is 0.0731. The van der Waals surface area contributed by atoms with E-state index in [0.717, 1.165) is 17.0 Å². The van der Waals surface area contributed by atoms with Crippen molar-refractivity contribution in [2.75, 3.05) is 0 Å². The highest BCUT2D eigenvalue weighted by Gasteiger charge is 2.08. The highest BCUT2D eigenvalue weighted by atomic mass is 32.1. The van der Waals surface area contributed by atoms with E-state index < -0.39 is 0 Å². The molecule has 0 amide bonds. The number of hydrogen-bond donors (Lipinski definition) is 1. The quantitative estimate of drug-likeness (QED) is 0.863. The molecule has 0 spiro atoms. The average Bonchev–Trinajstić information content (AvgIpc) is 2.48. The number of ether oxygens (including phenoxy) is 1. The Morgan fingerprint density at radius 1 is 1.29 bits per heavy atom. The van der Waals surface area contributed by atoms with Crippen molar-refractivity contribution in [2.45, 2.75) is 39.2 Å². The Morgan fingerprint density at radius 3 is 2.48 bits per heavy atom.